The third-order valence-corrected chi connectivity index (χ3v) is 6.78. The molecule has 1 aromatic rings. The smallest absolute Gasteiger partial charge is 0.371 e. The van der Waals surface area contributed by atoms with Gasteiger partial charge in [0.15, 0.2) is 0 Å². The highest BCUT2D eigenvalue weighted by Gasteiger charge is 2.37. The number of hydrogen-bond donors (Lipinski definition) is 0. The van der Waals surface area contributed by atoms with Crippen LogP contribution in [0.1, 0.15) is 32.6 Å². The summed E-state index contributed by atoms with van der Waals surface area (Å²) in [5, 5.41) is 1.24. The standard InChI is InChI=1S/C14H24O2Si/c1-4-5-6-10-13-17(15-2,16-3)14-11-8-7-9-12-14/h7-9,11-12H,4-6,10,13H2,1-3H3. The molecule has 0 aliphatic rings. The maximum absolute atomic E-state index is 5.77. The molecule has 0 aliphatic heterocycles. The molecule has 0 atom stereocenters. The molecular weight excluding hydrogens is 228 g/mol. The van der Waals surface area contributed by atoms with Crippen LogP contribution in [0.2, 0.25) is 6.04 Å². The van der Waals surface area contributed by atoms with Crippen molar-refractivity contribution in [3.05, 3.63) is 30.3 Å². The van der Waals surface area contributed by atoms with Crippen LogP contribution in [-0.2, 0) is 8.85 Å². The van der Waals surface area contributed by atoms with Crippen molar-refractivity contribution in [3.8, 4) is 0 Å². The van der Waals surface area contributed by atoms with Crippen LogP contribution in [0.5, 0.6) is 0 Å². The number of unbranched alkanes of at least 4 members (excludes halogenated alkanes) is 3. The van der Waals surface area contributed by atoms with E-state index in [-0.39, 0.29) is 0 Å². The maximum Gasteiger partial charge on any atom is 0.371 e. The Labute approximate surface area is 106 Å². The van der Waals surface area contributed by atoms with Gasteiger partial charge in [0.2, 0.25) is 0 Å². The first-order valence-electron chi connectivity index (χ1n) is 6.45. The van der Waals surface area contributed by atoms with Crippen LogP contribution in [0.4, 0.5) is 0 Å². The van der Waals surface area contributed by atoms with E-state index in [9.17, 15) is 0 Å². The lowest BCUT2D eigenvalue weighted by Crippen LogP contribution is -2.52. The van der Waals surface area contributed by atoms with Gasteiger partial charge in [0, 0.05) is 14.2 Å². The largest absolute Gasteiger partial charge is 0.394 e. The summed E-state index contributed by atoms with van der Waals surface area (Å²) in [7, 11) is 1.39. The highest BCUT2D eigenvalue weighted by Crippen LogP contribution is 2.17. The van der Waals surface area contributed by atoms with E-state index in [4.69, 9.17) is 8.85 Å². The van der Waals surface area contributed by atoms with Crippen LogP contribution in [0, 0.1) is 0 Å². The summed E-state index contributed by atoms with van der Waals surface area (Å²) >= 11 is 0. The van der Waals surface area contributed by atoms with Gasteiger partial charge in [-0.3, -0.25) is 0 Å². The Balaban J connectivity index is 2.68. The van der Waals surface area contributed by atoms with Crippen LogP contribution in [-0.4, -0.2) is 22.8 Å². The van der Waals surface area contributed by atoms with E-state index in [1.807, 2.05) is 6.07 Å². The van der Waals surface area contributed by atoms with Gasteiger partial charge < -0.3 is 8.85 Å². The van der Waals surface area contributed by atoms with E-state index in [1.54, 1.807) is 14.2 Å². The minimum atomic E-state index is -2.17. The molecule has 1 aromatic carbocycles. The summed E-state index contributed by atoms with van der Waals surface area (Å²) in [5.74, 6) is 0. The van der Waals surface area contributed by atoms with E-state index in [2.05, 4.69) is 31.2 Å². The van der Waals surface area contributed by atoms with Crippen molar-refractivity contribution in [2.75, 3.05) is 14.2 Å². The van der Waals surface area contributed by atoms with E-state index in [0.717, 1.165) is 6.04 Å². The quantitative estimate of drug-likeness (QED) is 0.522. The Hall–Kier alpha value is -0.643. The molecule has 96 valence electrons. The van der Waals surface area contributed by atoms with Gasteiger partial charge in [-0.25, -0.2) is 0 Å². The SMILES string of the molecule is CCCCCC[Si](OC)(OC)c1ccccc1. The minimum Gasteiger partial charge on any atom is -0.394 e. The van der Waals surface area contributed by atoms with Gasteiger partial charge in [-0.15, -0.1) is 0 Å². The van der Waals surface area contributed by atoms with Crippen molar-refractivity contribution in [3.63, 3.8) is 0 Å². The zero-order valence-electron chi connectivity index (χ0n) is 11.2. The fourth-order valence-corrected chi connectivity index (χ4v) is 4.89. The van der Waals surface area contributed by atoms with E-state index in [1.165, 1.54) is 30.9 Å². The average molecular weight is 252 g/mol. The highest BCUT2D eigenvalue weighted by molar-refractivity contribution is 6.81. The van der Waals surface area contributed by atoms with E-state index in [0.29, 0.717) is 0 Å². The van der Waals surface area contributed by atoms with Crippen molar-refractivity contribution in [2.45, 2.75) is 38.7 Å². The molecule has 0 heterocycles. The second-order valence-corrected chi connectivity index (χ2v) is 7.74. The topological polar surface area (TPSA) is 18.5 Å². The molecule has 0 bridgehead atoms. The second kappa shape index (κ2) is 7.64. The monoisotopic (exact) mass is 252 g/mol. The summed E-state index contributed by atoms with van der Waals surface area (Å²) in [5.41, 5.74) is 0. The molecule has 3 heteroatoms. The van der Waals surface area contributed by atoms with Gasteiger partial charge in [0.05, 0.1) is 0 Å². The molecule has 0 N–H and O–H groups in total. The van der Waals surface area contributed by atoms with Crippen LogP contribution in [0.3, 0.4) is 0 Å². The Kier molecular flexibility index (Phi) is 6.48. The predicted molar refractivity (Wildman–Crippen MR) is 74.8 cm³/mol. The lowest BCUT2D eigenvalue weighted by molar-refractivity contribution is 0.256. The first kappa shape index (κ1) is 14.4. The Morgan fingerprint density at radius 3 is 2.12 bits per heavy atom. The summed E-state index contributed by atoms with van der Waals surface area (Å²) in [6.07, 6.45) is 5.02. The molecule has 0 unspecified atom stereocenters. The molecule has 0 spiro atoms. The second-order valence-electron chi connectivity index (χ2n) is 4.34. The van der Waals surface area contributed by atoms with Crippen molar-refractivity contribution in [1.29, 1.82) is 0 Å². The van der Waals surface area contributed by atoms with Crippen molar-refractivity contribution in [1.82, 2.24) is 0 Å². The van der Waals surface area contributed by atoms with Crippen LogP contribution in [0.15, 0.2) is 30.3 Å². The lowest BCUT2D eigenvalue weighted by atomic mass is 10.2. The van der Waals surface area contributed by atoms with Gasteiger partial charge in [-0.05, 0) is 11.2 Å². The Morgan fingerprint density at radius 1 is 0.941 bits per heavy atom. The first-order chi connectivity index (χ1) is 8.29. The van der Waals surface area contributed by atoms with E-state index >= 15 is 0 Å². The third kappa shape index (κ3) is 3.94. The van der Waals surface area contributed by atoms with Gasteiger partial charge >= 0.3 is 8.56 Å². The third-order valence-electron chi connectivity index (χ3n) is 3.23. The summed E-state index contributed by atoms with van der Waals surface area (Å²) < 4.78 is 11.5. The Morgan fingerprint density at radius 2 is 1.59 bits per heavy atom. The molecule has 1 rings (SSSR count). The lowest BCUT2D eigenvalue weighted by Gasteiger charge is -2.27. The van der Waals surface area contributed by atoms with Gasteiger partial charge in [-0.1, -0.05) is 62.9 Å². The van der Waals surface area contributed by atoms with Gasteiger partial charge in [-0.2, -0.15) is 0 Å². The van der Waals surface area contributed by atoms with Crippen LogP contribution >= 0.6 is 0 Å². The molecule has 0 amide bonds. The normalized spacial score (nSPS) is 11.7. The van der Waals surface area contributed by atoms with Crippen molar-refractivity contribution >= 4 is 13.7 Å². The van der Waals surface area contributed by atoms with Crippen molar-refractivity contribution in [2.24, 2.45) is 0 Å². The fraction of sp³-hybridized carbons (Fsp3) is 0.571. The Bertz CT molecular complexity index is 296. The van der Waals surface area contributed by atoms with Crippen molar-refractivity contribution < 1.29 is 8.85 Å². The maximum atomic E-state index is 5.77. The number of benzene rings is 1. The number of hydrogen-bond acceptors (Lipinski definition) is 2. The summed E-state index contributed by atoms with van der Waals surface area (Å²) in [6.45, 7) is 2.23. The van der Waals surface area contributed by atoms with Gasteiger partial charge in [0.1, 0.15) is 0 Å². The molecule has 0 aliphatic carbocycles. The van der Waals surface area contributed by atoms with Crippen LogP contribution in [0.25, 0.3) is 0 Å². The van der Waals surface area contributed by atoms with E-state index < -0.39 is 8.56 Å². The van der Waals surface area contributed by atoms with Gasteiger partial charge in [0.25, 0.3) is 0 Å². The molecule has 0 saturated heterocycles. The molecular formula is C14H24O2Si. The minimum absolute atomic E-state index is 1.05. The highest BCUT2D eigenvalue weighted by atomic mass is 28.4. The molecule has 2 nitrogen and oxygen atoms in total. The average Bonchev–Trinajstić information content (AvgIpc) is 2.41. The fourth-order valence-electron chi connectivity index (χ4n) is 2.14. The zero-order valence-corrected chi connectivity index (χ0v) is 12.2. The predicted octanol–water partition coefficient (Wildman–Crippen LogP) is 3.21. The molecule has 0 aromatic heterocycles. The molecule has 17 heavy (non-hydrogen) atoms. The van der Waals surface area contributed by atoms with Crippen LogP contribution < -0.4 is 5.19 Å². The zero-order chi connectivity index (χ0) is 12.6. The summed E-state index contributed by atoms with van der Waals surface area (Å²) in [4.78, 5) is 0. The molecule has 0 fully saturated rings. The molecule has 0 radical (unpaired) electrons. The summed E-state index contributed by atoms with van der Waals surface area (Å²) in [6, 6.07) is 11.4. The first-order valence-corrected chi connectivity index (χ1v) is 8.47. The molecule has 0 saturated carbocycles. The number of rotatable bonds is 8.